The van der Waals surface area contributed by atoms with Crippen molar-refractivity contribution in [2.75, 3.05) is 25.0 Å². The molecule has 3 N–H and O–H groups in total. The van der Waals surface area contributed by atoms with Gasteiger partial charge in [0.05, 0.1) is 0 Å². The minimum absolute atomic E-state index is 0.161. The Kier molecular flexibility index (Phi) is 5.13. The highest BCUT2D eigenvalue weighted by Gasteiger charge is 2.26. The van der Waals surface area contributed by atoms with Gasteiger partial charge in [0, 0.05) is 22.3 Å². The summed E-state index contributed by atoms with van der Waals surface area (Å²) in [6.45, 7) is 4.87. The molecule has 2 rings (SSSR count). The van der Waals surface area contributed by atoms with Crippen LogP contribution in [0.3, 0.4) is 0 Å². The molecule has 0 radical (unpaired) electrons. The molecule has 1 aromatic rings. The van der Waals surface area contributed by atoms with Crippen LogP contribution < -0.4 is 16.0 Å². The molecular weight excluding hydrogens is 297 g/mol. The molecule has 0 aromatic heterocycles. The smallest absolute Gasteiger partial charge is 0.319 e. The van der Waals surface area contributed by atoms with Crippen molar-refractivity contribution in [3.05, 3.63) is 28.2 Å². The predicted molar refractivity (Wildman–Crippen MR) is 83.7 cm³/mol. The van der Waals surface area contributed by atoms with Crippen LogP contribution in [0, 0.1) is 5.41 Å². The van der Waals surface area contributed by atoms with E-state index in [0.717, 1.165) is 25.9 Å². The van der Waals surface area contributed by atoms with Crippen molar-refractivity contribution < 1.29 is 4.79 Å². The Morgan fingerprint density at radius 2 is 1.85 bits per heavy atom. The van der Waals surface area contributed by atoms with Gasteiger partial charge in [0.25, 0.3) is 0 Å². The molecule has 6 heteroatoms. The first kappa shape index (κ1) is 15.4. The summed E-state index contributed by atoms with van der Waals surface area (Å²) in [6.07, 6.45) is 2.13. The van der Waals surface area contributed by atoms with Crippen LogP contribution in [-0.2, 0) is 0 Å². The fourth-order valence-electron chi connectivity index (χ4n) is 2.30. The Balaban J connectivity index is 1.86. The molecule has 2 amide bonds. The molecule has 1 aliphatic rings. The first-order valence-corrected chi connectivity index (χ1v) is 7.44. The summed E-state index contributed by atoms with van der Waals surface area (Å²) in [5, 5.41) is 9.98. The van der Waals surface area contributed by atoms with Crippen molar-refractivity contribution in [2.24, 2.45) is 5.41 Å². The molecular formula is C14H19Cl2N3O. The average molecular weight is 316 g/mol. The van der Waals surface area contributed by atoms with Gasteiger partial charge in [-0.3, -0.25) is 0 Å². The number of hydrogen-bond donors (Lipinski definition) is 3. The highest BCUT2D eigenvalue weighted by Crippen LogP contribution is 2.27. The lowest BCUT2D eigenvalue weighted by Gasteiger charge is -2.34. The fraction of sp³-hybridized carbons (Fsp3) is 0.500. The first-order valence-electron chi connectivity index (χ1n) is 6.69. The standard InChI is InChI=1S/C14H19Cl2N3O/c1-14(2-4-17-5-3-14)9-18-13(20)19-12-7-10(15)6-11(16)8-12/h6-8,17H,2-5,9H2,1H3,(H2,18,19,20). The molecule has 0 atom stereocenters. The molecule has 0 unspecified atom stereocenters. The van der Waals surface area contributed by atoms with E-state index in [2.05, 4.69) is 22.9 Å². The Morgan fingerprint density at radius 3 is 2.45 bits per heavy atom. The number of halogens is 2. The Morgan fingerprint density at radius 1 is 1.25 bits per heavy atom. The van der Waals surface area contributed by atoms with Crippen LogP contribution in [0.15, 0.2) is 18.2 Å². The van der Waals surface area contributed by atoms with Crippen LogP contribution in [-0.4, -0.2) is 25.7 Å². The van der Waals surface area contributed by atoms with Gasteiger partial charge in [0.1, 0.15) is 0 Å². The van der Waals surface area contributed by atoms with Crippen LogP contribution in [0.1, 0.15) is 19.8 Å². The summed E-state index contributed by atoms with van der Waals surface area (Å²) in [5.74, 6) is 0. The average Bonchev–Trinajstić information content (AvgIpc) is 2.36. The van der Waals surface area contributed by atoms with Crippen LogP contribution in [0.4, 0.5) is 10.5 Å². The number of anilines is 1. The Hall–Kier alpha value is -0.970. The second kappa shape index (κ2) is 6.66. The summed E-state index contributed by atoms with van der Waals surface area (Å²) in [4.78, 5) is 11.9. The van der Waals surface area contributed by atoms with E-state index in [9.17, 15) is 4.79 Å². The number of benzene rings is 1. The van der Waals surface area contributed by atoms with E-state index in [1.807, 2.05) is 0 Å². The minimum atomic E-state index is -0.233. The predicted octanol–water partition coefficient (Wildman–Crippen LogP) is 3.50. The van der Waals surface area contributed by atoms with E-state index in [1.165, 1.54) is 0 Å². The third-order valence-electron chi connectivity index (χ3n) is 3.61. The van der Waals surface area contributed by atoms with Gasteiger partial charge in [-0.1, -0.05) is 30.1 Å². The van der Waals surface area contributed by atoms with Gasteiger partial charge in [-0.15, -0.1) is 0 Å². The maximum atomic E-state index is 11.9. The summed E-state index contributed by atoms with van der Waals surface area (Å²) in [5.41, 5.74) is 0.754. The lowest BCUT2D eigenvalue weighted by Crippen LogP contribution is -2.43. The van der Waals surface area contributed by atoms with E-state index in [1.54, 1.807) is 18.2 Å². The second-order valence-corrected chi connectivity index (χ2v) is 6.40. The zero-order valence-electron chi connectivity index (χ0n) is 11.4. The van der Waals surface area contributed by atoms with Gasteiger partial charge in [-0.2, -0.15) is 0 Å². The van der Waals surface area contributed by atoms with Crippen LogP contribution in [0.5, 0.6) is 0 Å². The van der Waals surface area contributed by atoms with Crippen molar-refractivity contribution in [3.8, 4) is 0 Å². The molecule has 1 fully saturated rings. The quantitative estimate of drug-likeness (QED) is 0.799. The maximum Gasteiger partial charge on any atom is 0.319 e. The number of piperidine rings is 1. The van der Waals surface area contributed by atoms with Crippen molar-refractivity contribution in [3.63, 3.8) is 0 Å². The third-order valence-corrected chi connectivity index (χ3v) is 4.04. The van der Waals surface area contributed by atoms with E-state index >= 15 is 0 Å². The molecule has 1 aliphatic heterocycles. The summed E-state index contributed by atoms with van der Waals surface area (Å²) in [7, 11) is 0. The van der Waals surface area contributed by atoms with E-state index in [-0.39, 0.29) is 11.4 Å². The van der Waals surface area contributed by atoms with Crippen LogP contribution in [0.2, 0.25) is 10.0 Å². The molecule has 110 valence electrons. The van der Waals surface area contributed by atoms with E-state index in [0.29, 0.717) is 22.3 Å². The van der Waals surface area contributed by atoms with E-state index < -0.39 is 0 Å². The summed E-state index contributed by atoms with van der Waals surface area (Å²) in [6, 6.07) is 4.73. The second-order valence-electron chi connectivity index (χ2n) is 5.53. The number of hydrogen-bond acceptors (Lipinski definition) is 2. The zero-order chi connectivity index (χ0) is 14.6. The highest BCUT2D eigenvalue weighted by atomic mass is 35.5. The number of rotatable bonds is 3. The number of amides is 2. The zero-order valence-corrected chi connectivity index (χ0v) is 12.9. The van der Waals surface area contributed by atoms with Gasteiger partial charge >= 0.3 is 6.03 Å². The summed E-state index contributed by atoms with van der Waals surface area (Å²) >= 11 is 11.8. The lowest BCUT2D eigenvalue weighted by atomic mass is 9.81. The SMILES string of the molecule is CC1(CNC(=O)Nc2cc(Cl)cc(Cl)c2)CCNCC1. The third kappa shape index (κ3) is 4.54. The molecule has 1 saturated heterocycles. The number of carbonyl (C=O) groups excluding carboxylic acids is 1. The Labute approximate surface area is 129 Å². The number of carbonyl (C=O) groups is 1. The maximum absolute atomic E-state index is 11.9. The molecule has 20 heavy (non-hydrogen) atoms. The molecule has 0 bridgehead atoms. The van der Waals surface area contributed by atoms with Crippen molar-refractivity contribution in [2.45, 2.75) is 19.8 Å². The molecule has 0 aliphatic carbocycles. The first-order chi connectivity index (χ1) is 9.47. The normalized spacial score (nSPS) is 17.6. The Bertz CT molecular complexity index is 467. The lowest BCUT2D eigenvalue weighted by molar-refractivity contribution is 0.213. The van der Waals surface area contributed by atoms with Gasteiger partial charge < -0.3 is 16.0 Å². The molecule has 1 aromatic carbocycles. The highest BCUT2D eigenvalue weighted by molar-refractivity contribution is 6.35. The van der Waals surface area contributed by atoms with Gasteiger partial charge in [0.2, 0.25) is 0 Å². The molecule has 0 spiro atoms. The molecule has 4 nitrogen and oxygen atoms in total. The molecule has 1 heterocycles. The van der Waals surface area contributed by atoms with Crippen LogP contribution >= 0.6 is 23.2 Å². The van der Waals surface area contributed by atoms with Gasteiger partial charge in [-0.05, 0) is 49.5 Å². The number of nitrogens with one attached hydrogen (secondary N) is 3. The minimum Gasteiger partial charge on any atom is -0.337 e. The summed E-state index contributed by atoms with van der Waals surface area (Å²) < 4.78 is 0. The van der Waals surface area contributed by atoms with Crippen molar-refractivity contribution >= 4 is 34.9 Å². The van der Waals surface area contributed by atoms with E-state index in [4.69, 9.17) is 23.2 Å². The fourth-order valence-corrected chi connectivity index (χ4v) is 2.83. The monoisotopic (exact) mass is 315 g/mol. The molecule has 0 saturated carbocycles. The number of urea groups is 1. The topological polar surface area (TPSA) is 53.2 Å². The largest absolute Gasteiger partial charge is 0.337 e. The van der Waals surface area contributed by atoms with Gasteiger partial charge in [0.15, 0.2) is 0 Å². The van der Waals surface area contributed by atoms with Gasteiger partial charge in [-0.25, -0.2) is 4.79 Å². The van der Waals surface area contributed by atoms with Crippen molar-refractivity contribution in [1.29, 1.82) is 0 Å². The van der Waals surface area contributed by atoms with Crippen LogP contribution in [0.25, 0.3) is 0 Å². The van der Waals surface area contributed by atoms with Crippen molar-refractivity contribution in [1.82, 2.24) is 10.6 Å².